The highest BCUT2D eigenvalue weighted by atomic mass is 35.5. The largest absolute Gasteiger partial charge is 0.341 e. The molecule has 0 spiro atoms. The van der Waals surface area contributed by atoms with Gasteiger partial charge >= 0.3 is 0 Å². The number of hydrogen-bond donors (Lipinski definition) is 0. The third-order valence-corrected chi connectivity index (χ3v) is 3.64. The number of nitriles is 1. The average molecular weight is 303 g/mol. The number of amides is 1. The highest BCUT2D eigenvalue weighted by molar-refractivity contribution is 6.30. The van der Waals surface area contributed by atoms with E-state index in [1.54, 1.807) is 35.2 Å². The van der Waals surface area contributed by atoms with Crippen LogP contribution in [0.1, 0.15) is 18.4 Å². The van der Waals surface area contributed by atoms with E-state index < -0.39 is 11.7 Å². The molecule has 1 aromatic rings. The van der Waals surface area contributed by atoms with Crippen LogP contribution in [0.4, 0.5) is 0 Å². The van der Waals surface area contributed by atoms with Crippen molar-refractivity contribution in [2.24, 2.45) is 5.92 Å². The van der Waals surface area contributed by atoms with Gasteiger partial charge in [-0.2, -0.15) is 5.26 Å². The van der Waals surface area contributed by atoms with Gasteiger partial charge in [-0.3, -0.25) is 9.59 Å². The van der Waals surface area contributed by atoms with E-state index >= 15 is 0 Å². The minimum Gasteiger partial charge on any atom is -0.341 e. The zero-order chi connectivity index (χ0) is 15.2. The number of likely N-dealkylation sites (tertiary alicyclic amines) is 1. The quantitative estimate of drug-likeness (QED) is 0.634. The number of hydrogen-bond acceptors (Lipinski definition) is 3. The molecule has 1 unspecified atom stereocenters. The van der Waals surface area contributed by atoms with E-state index in [0.717, 1.165) is 18.4 Å². The maximum Gasteiger partial charge on any atom is 0.247 e. The molecule has 1 amide bonds. The molecule has 0 bridgehead atoms. The molecule has 1 aromatic carbocycles. The van der Waals surface area contributed by atoms with Crippen molar-refractivity contribution in [3.8, 4) is 6.07 Å². The lowest BCUT2D eigenvalue weighted by molar-refractivity contribution is -0.136. The Labute approximate surface area is 128 Å². The number of benzene rings is 1. The van der Waals surface area contributed by atoms with Crippen molar-refractivity contribution in [2.75, 3.05) is 13.1 Å². The molecule has 1 aliphatic heterocycles. The van der Waals surface area contributed by atoms with Crippen molar-refractivity contribution >= 4 is 29.4 Å². The van der Waals surface area contributed by atoms with Crippen molar-refractivity contribution in [1.29, 1.82) is 5.26 Å². The van der Waals surface area contributed by atoms with Gasteiger partial charge in [-0.1, -0.05) is 29.8 Å². The monoisotopic (exact) mass is 302 g/mol. The van der Waals surface area contributed by atoms with Crippen LogP contribution < -0.4 is 0 Å². The minimum absolute atomic E-state index is 0.388. The molecule has 0 N–H and O–H groups in total. The Morgan fingerprint density at radius 2 is 1.86 bits per heavy atom. The Bertz CT molecular complexity index is 596. The smallest absolute Gasteiger partial charge is 0.247 e. The number of carbonyl (C=O) groups excluding carboxylic acids is 2. The van der Waals surface area contributed by atoms with Crippen molar-refractivity contribution in [1.82, 2.24) is 4.90 Å². The lowest BCUT2D eigenvalue weighted by Gasteiger charge is -2.16. The zero-order valence-corrected chi connectivity index (χ0v) is 12.2. The van der Waals surface area contributed by atoms with Gasteiger partial charge in [0.2, 0.25) is 5.91 Å². The maximum atomic E-state index is 12.1. The van der Waals surface area contributed by atoms with Crippen LogP contribution in [0, 0.1) is 17.2 Å². The van der Waals surface area contributed by atoms with Crippen molar-refractivity contribution in [3.63, 3.8) is 0 Å². The number of rotatable bonds is 4. The summed E-state index contributed by atoms with van der Waals surface area (Å²) in [5.74, 6) is -2.11. The Balaban J connectivity index is 2.04. The Morgan fingerprint density at radius 1 is 1.24 bits per heavy atom. The predicted octanol–water partition coefficient (Wildman–Crippen LogP) is 2.68. The van der Waals surface area contributed by atoms with Crippen LogP contribution in [-0.2, 0) is 9.59 Å². The fourth-order valence-corrected chi connectivity index (χ4v) is 2.34. The molecule has 0 radical (unpaired) electrons. The summed E-state index contributed by atoms with van der Waals surface area (Å²) in [7, 11) is 0. The van der Waals surface area contributed by atoms with Gasteiger partial charge in [-0.05, 0) is 36.6 Å². The topological polar surface area (TPSA) is 61.2 Å². The summed E-state index contributed by atoms with van der Waals surface area (Å²) in [5, 5.41) is 9.70. The lowest BCUT2D eigenvalue weighted by atomic mass is 10.0. The van der Waals surface area contributed by atoms with E-state index in [1.807, 2.05) is 6.07 Å². The van der Waals surface area contributed by atoms with Gasteiger partial charge in [-0.15, -0.1) is 0 Å². The van der Waals surface area contributed by atoms with Crippen LogP contribution in [0.2, 0.25) is 5.02 Å². The van der Waals surface area contributed by atoms with E-state index in [-0.39, 0.29) is 5.91 Å². The Hall–Kier alpha value is -2.12. The molecule has 0 saturated carbocycles. The summed E-state index contributed by atoms with van der Waals surface area (Å²) in [6.45, 7) is 1.26. The van der Waals surface area contributed by atoms with Gasteiger partial charge in [0.1, 0.15) is 0 Å². The van der Waals surface area contributed by atoms with Gasteiger partial charge in [0.05, 0.1) is 6.07 Å². The highest BCUT2D eigenvalue weighted by Crippen LogP contribution is 2.14. The molecule has 1 aliphatic rings. The van der Waals surface area contributed by atoms with Crippen LogP contribution in [0.5, 0.6) is 0 Å². The molecule has 0 aliphatic carbocycles. The first kappa shape index (κ1) is 15.3. The number of halogens is 1. The van der Waals surface area contributed by atoms with Crippen LogP contribution in [-0.4, -0.2) is 29.7 Å². The van der Waals surface area contributed by atoms with E-state index in [0.29, 0.717) is 18.1 Å². The molecule has 1 heterocycles. The normalized spacial score (nSPS) is 15.9. The first-order valence-corrected chi connectivity index (χ1v) is 7.15. The van der Waals surface area contributed by atoms with Gasteiger partial charge in [0.25, 0.3) is 0 Å². The van der Waals surface area contributed by atoms with Gasteiger partial charge < -0.3 is 4.90 Å². The molecular weight excluding hydrogens is 288 g/mol. The second-order valence-corrected chi connectivity index (χ2v) is 5.32. The molecule has 5 heteroatoms. The minimum atomic E-state index is -1.24. The van der Waals surface area contributed by atoms with Gasteiger partial charge in [-0.25, -0.2) is 0 Å². The zero-order valence-electron chi connectivity index (χ0n) is 11.5. The Kier molecular flexibility index (Phi) is 5.13. The van der Waals surface area contributed by atoms with E-state index in [4.69, 9.17) is 16.9 Å². The molecule has 21 heavy (non-hydrogen) atoms. The molecule has 0 aromatic heterocycles. The molecule has 2 rings (SSSR count). The first-order valence-electron chi connectivity index (χ1n) is 6.77. The van der Waals surface area contributed by atoms with Crippen LogP contribution in [0.3, 0.4) is 0 Å². The fourth-order valence-electron chi connectivity index (χ4n) is 2.21. The van der Waals surface area contributed by atoms with Crippen molar-refractivity contribution in [3.05, 3.63) is 40.9 Å². The Morgan fingerprint density at radius 3 is 2.43 bits per heavy atom. The average Bonchev–Trinajstić information content (AvgIpc) is 3.01. The van der Waals surface area contributed by atoms with Gasteiger partial charge in [0.15, 0.2) is 11.7 Å². The number of carbonyl (C=O) groups is 2. The first-order chi connectivity index (χ1) is 10.1. The van der Waals surface area contributed by atoms with E-state index in [1.165, 1.54) is 6.08 Å². The molecule has 1 fully saturated rings. The SMILES string of the molecule is N#CC(C(=O)/C=C/c1ccc(Cl)cc1)C(=O)N1CCCC1. The summed E-state index contributed by atoms with van der Waals surface area (Å²) in [6.07, 6.45) is 4.72. The van der Waals surface area contributed by atoms with E-state index in [2.05, 4.69) is 0 Å². The molecule has 4 nitrogen and oxygen atoms in total. The summed E-state index contributed by atoms with van der Waals surface area (Å²) in [5.41, 5.74) is 0.790. The van der Waals surface area contributed by atoms with Gasteiger partial charge in [0, 0.05) is 18.1 Å². The summed E-state index contributed by atoms with van der Waals surface area (Å²) >= 11 is 5.78. The summed E-state index contributed by atoms with van der Waals surface area (Å²) in [4.78, 5) is 25.7. The van der Waals surface area contributed by atoms with E-state index in [9.17, 15) is 9.59 Å². The molecular formula is C16H15ClN2O2. The van der Waals surface area contributed by atoms with Crippen LogP contribution >= 0.6 is 11.6 Å². The number of allylic oxidation sites excluding steroid dienone is 1. The summed E-state index contributed by atoms with van der Waals surface area (Å²) < 4.78 is 0. The van der Waals surface area contributed by atoms with Crippen LogP contribution in [0.15, 0.2) is 30.3 Å². The highest BCUT2D eigenvalue weighted by Gasteiger charge is 2.30. The number of nitrogens with zero attached hydrogens (tertiary/aromatic N) is 2. The van der Waals surface area contributed by atoms with Crippen molar-refractivity contribution < 1.29 is 9.59 Å². The third kappa shape index (κ3) is 3.93. The fraction of sp³-hybridized carbons (Fsp3) is 0.312. The second kappa shape index (κ2) is 7.05. The maximum absolute atomic E-state index is 12.1. The summed E-state index contributed by atoms with van der Waals surface area (Å²) in [6, 6.07) is 8.75. The molecule has 108 valence electrons. The number of ketones is 1. The molecule has 1 saturated heterocycles. The molecule has 1 atom stereocenters. The lowest BCUT2D eigenvalue weighted by Crippen LogP contribution is -2.36. The standard InChI is InChI=1S/C16H15ClN2O2/c17-13-6-3-12(4-7-13)5-8-15(20)14(11-18)16(21)19-9-1-2-10-19/h3-8,14H,1-2,9-10H2/b8-5+. The second-order valence-electron chi connectivity index (χ2n) is 4.88. The van der Waals surface area contributed by atoms with Crippen molar-refractivity contribution in [2.45, 2.75) is 12.8 Å². The predicted molar refractivity (Wildman–Crippen MR) is 80.4 cm³/mol. The van der Waals surface area contributed by atoms with Crippen LogP contribution in [0.25, 0.3) is 6.08 Å². The third-order valence-electron chi connectivity index (χ3n) is 3.39.